The quantitative estimate of drug-likeness (QED) is 0.721. The summed E-state index contributed by atoms with van der Waals surface area (Å²) in [6.45, 7) is 9.32. The van der Waals surface area contributed by atoms with Crippen molar-refractivity contribution in [3.05, 3.63) is 34.1 Å². The predicted octanol–water partition coefficient (Wildman–Crippen LogP) is 4.40. The number of carbonyl (C=O) groups is 2. The molecular weight excluding hydrogens is 391 g/mol. The van der Waals surface area contributed by atoms with Crippen LogP contribution in [0.3, 0.4) is 0 Å². The molecule has 5 nitrogen and oxygen atoms in total. The molecule has 1 aromatic rings. The first-order chi connectivity index (χ1) is 11.5. The third-order valence-corrected chi connectivity index (χ3v) is 4.37. The molecule has 0 unspecified atom stereocenters. The van der Waals surface area contributed by atoms with Crippen LogP contribution >= 0.6 is 15.9 Å². The van der Waals surface area contributed by atoms with Crippen LogP contribution in [0.15, 0.2) is 22.7 Å². The standard InChI is InChI=1S/C18H26BrFN2O3/c1-6-18(7-2,11-21-16(24)25-17(3,4)5)22-15(23)13-10-12(19)8-9-14(13)20/h8-10H,6-7,11H2,1-5H3,(H,21,24)(H,22,23). The fourth-order valence-electron chi connectivity index (χ4n) is 2.26. The number of hydrogen-bond donors (Lipinski definition) is 2. The molecule has 7 heteroatoms. The Hall–Kier alpha value is -1.63. The van der Waals surface area contributed by atoms with Crippen LogP contribution < -0.4 is 10.6 Å². The number of ether oxygens (including phenoxy) is 1. The first-order valence-electron chi connectivity index (χ1n) is 8.26. The first-order valence-corrected chi connectivity index (χ1v) is 9.05. The second-order valence-corrected chi connectivity index (χ2v) is 7.84. The van der Waals surface area contributed by atoms with E-state index in [1.54, 1.807) is 20.8 Å². The minimum atomic E-state index is -0.692. The van der Waals surface area contributed by atoms with Gasteiger partial charge in [0.2, 0.25) is 0 Å². The van der Waals surface area contributed by atoms with Gasteiger partial charge >= 0.3 is 6.09 Å². The molecule has 0 aliphatic carbocycles. The van der Waals surface area contributed by atoms with Gasteiger partial charge in [-0.05, 0) is 51.8 Å². The Morgan fingerprint density at radius 2 is 1.80 bits per heavy atom. The predicted molar refractivity (Wildman–Crippen MR) is 99.1 cm³/mol. The minimum Gasteiger partial charge on any atom is -0.444 e. The van der Waals surface area contributed by atoms with E-state index in [1.165, 1.54) is 18.2 Å². The van der Waals surface area contributed by atoms with E-state index in [4.69, 9.17) is 4.74 Å². The second kappa shape index (κ2) is 8.65. The second-order valence-electron chi connectivity index (χ2n) is 6.92. The van der Waals surface area contributed by atoms with Gasteiger partial charge in [-0.3, -0.25) is 4.79 Å². The Morgan fingerprint density at radius 1 is 1.20 bits per heavy atom. The largest absolute Gasteiger partial charge is 0.444 e. The summed E-state index contributed by atoms with van der Waals surface area (Å²) in [5, 5.41) is 5.55. The number of rotatable bonds is 6. The van der Waals surface area contributed by atoms with E-state index in [0.717, 1.165) is 0 Å². The number of carbonyl (C=O) groups excluding carboxylic acids is 2. The molecule has 25 heavy (non-hydrogen) atoms. The summed E-state index contributed by atoms with van der Waals surface area (Å²) in [7, 11) is 0. The monoisotopic (exact) mass is 416 g/mol. The van der Waals surface area contributed by atoms with Gasteiger partial charge in [0.25, 0.3) is 5.91 Å². The van der Waals surface area contributed by atoms with Crippen molar-refractivity contribution in [2.24, 2.45) is 0 Å². The molecule has 0 aromatic heterocycles. The summed E-state index contributed by atoms with van der Waals surface area (Å²) in [4.78, 5) is 24.4. The van der Waals surface area contributed by atoms with Crippen LogP contribution in [-0.2, 0) is 4.74 Å². The van der Waals surface area contributed by atoms with Gasteiger partial charge < -0.3 is 15.4 Å². The van der Waals surface area contributed by atoms with Crippen molar-refractivity contribution in [1.82, 2.24) is 10.6 Å². The normalized spacial score (nSPS) is 11.8. The van der Waals surface area contributed by atoms with Crippen LogP contribution in [0.1, 0.15) is 57.8 Å². The molecule has 0 bridgehead atoms. The van der Waals surface area contributed by atoms with Gasteiger partial charge in [-0.2, -0.15) is 0 Å². The number of benzene rings is 1. The van der Waals surface area contributed by atoms with E-state index in [1.807, 2.05) is 13.8 Å². The molecule has 0 spiro atoms. The topological polar surface area (TPSA) is 67.4 Å². The number of amides is 2. The summed E-state index contributed by atoms with van der Waals surface area (Å²) in [6.07, 6.45) is 0.586. The summed E-state index contributed by atoms with van der Waals surface area (Å²) in [6, 6.07) is 4.20. The van der Waals surface area contributed by atoms with Gasteiger partial charge in [0, 0.05) is 11.0 Å². The molecule has 0 saturated carbocycles. The van der Waals surface area contributed by atoms with Crippen molar-refractivity contribution in [3.63, 3.8) is 0 Å². The summed E-state index contributed by atoms with van der Waals surface area (Å²) < 4.78 is 19.8. The smallest absolute Gasteiger partial charge is 0.407 e. The average molecular weight is 417 g/mol. The van der Waals surface area contributed by atoms with Gasteiger partial charge in [0.1, 0.15) is 11.4 Å². The Balaban J connectivity index is 2.85. The molecule has 1 rings (SSSR count). The van der Waals surface area contributed by atoms with Crippen LogP contribution in [0, 0.1) is 5.82 Å². The highest BCUT2D eigenvalue weighted by Gasteiger charge is 2.30. The van der Waals surface area contributed by atoms with Gasteiger partial charge in [0.05, 0.1) is 11.1 Å². The summed E-state index contributed by atoms with van der Waals surface area (Å²) in [5.74, 6) is -1.12. The van der Waals surface area contributed by atoms with Gasteiger partial charge in [-0.1, -0.05) is 29.8 Å². The molecule has 2 N–H and O–H groups in total. The Labute approximate surface area is 156 Å². The molecule has 140 valence electrons. The van der Waals surface area contributed by atoms with Gasteiger partial charge in [-0.25, -0.2) is 9.18 Å². The highest BCUT2D eigenvalue weighted by atomic mass is 79.9. The molecule has 1 aromatic carbocycles. The number of hydrogen-bond acceptors (Lipinski definition) is 3. The van der Waals surface area contributed by atoms with Crippen LogP contribution in [-0.4, -0.2) is 29.7 Å². The van der Waals surface area contributed by atoms with Crippen LogP contribution in [0.2, 0.25) is 0 Å². The van der Waals surface area contributed by atoms with Gasteiger partial charge in [-0.15, -0.1) is 0 Å². The van der Waals surface area contributed by atoms with Gasteiger partial charge in [0.15, 0.2) is 0 Å². The molecule has 0 radical (unpaired) electrons. The maximum absolute atomic E-state index is 13.9. The first kappa shape index (κ1) is 21.4. The maximum atomic E-state index is 13.9. The Morgan fingerprint density at radius 3 is 2.32 bits per heavy atom. The van der Waals surface area contributed by atoms with Crippen molar-refractivity contribution in [2.75, 3.05) is 6.54 Å². The van der Waals surface area contributed by atoms with Crippen molar-refractivity contribution in [3.8, 4) is 0 Å². The zero-order valence-electron chi connectivity index (χ0n) is 15.3. The number of alkyl carbamates (subject to hydrolysis) is 1. The average Bonchev–Trinajstić information content (AvgIpc) is 2.52. The van der Waals surface area contributed by atoms with Crippen molar-refractivity contribution < 1.29 is 18.7 Å². The lowest BCUT2D eigenvalue weighted by Crippen LogP contribution is -2.55. The van der Waals surface area contributed by atoms with Crippen molar-refractivity contribution in [2.45, 2.75) is 58.6 Å². The maximum Gasteiger partial charge on any atom is 0.407 e. The minimum absolute atomic E-state index is 0.0436. The third kappa shape index (κ3) is 6.65. The molecule has 0 saturated heterocycles. The lowest BCUT2D eigenvalue weighted by Gasteiger charge is -2.33. The van der Waals surface area contributed by atoms with Crippen LogP contribution in [0.25, 0.3) is 0 Å². The molecule has 0 aliphatic rings. The van der Waals surface area contributed by atoms with E-state index < -0.39 is 29.0 Å². The summed E-state index contributed by atoms with van der Waals surface area (Å²) >= 11 is 3.24. The number of nitrogens with one attached hydrogen (secondary N) is 2. The summed E-state index contributed by atoms with van der Waals surface area (Å²) in [5.41, 5.74) is -1.34. The molecule has 0 fully saturated rings. The van der Waals surface area contributed by atoms with Crippen LogP contribution in [0.4, 0.5) is 9.18 Å². The van der Waals surface area contributed by atoms with Crippen molar-refractivity contribution >= 4 is 27.9 Å². The molecular formula is C18H26BrFN2O3. The molecule has 0 aliphatic heterocycles. The third-order valence-electron chi connectivity index (χ3n) is 3.88. The fourth-order valence-corrected chi connectivity index (χ4v) is 2.62. The highest BCUT2D eigenvalue weighted by Crippen LogP contribution is 2.19. The van der Waals surface area contributed by atoms with Crippen molar-refractivity contribution in [1.29, 1.82) is 0 Å². The SMILES string of the molecule is CCC(CC)(CNC(=O)OC(C)(C)C)NC(=O)c1cc(Br)ccc1F. The van der Waals surface area contributed by atoms with E-state index in [0.29, 0.717) is 17.3 Å². The van der Waals surface area contributed by atoms with Crippen LogP contribution in [0.5, 0.6) is 0 Å². The zero-order chi connectivity index (χ0) is 19.3. The molecule has 0 atom stereocenters. The lowest BCUT2D eigenvalue weighted by molar-refractivity contribution is 0.0501. The highest BCUT2D eigenvalue weighted by molar-refractivity contribution is 9.10. The fraction of sp³-hybridized carbons (Fsp3) is 0.556. The van der Waals surface area contributed by atoms with E-state index in [2.05, 4.69) is 26.6 Å². The Kier molecular flexibility index (Phi) is 7.41. The Bertz CT molecular complexity index is 625. The van der Waals surface area contributed by atoms with E-state index in [-0.39, 0.29) is 12.1 Å². The lowest BCUT2D eigenvalue weighted by atomic mass is 9.92. The molecule has 2 amide bonds. The molecule has 0 heterocycles. The van der Waals surface area contributed by atoms with E-state index >= 15 is 0 Å². The van der Waals surface area contributed by atoms with E-state index in [9.17, 15) is 14.0 Å². The zero-order valence-corrected chi connectivity index (χ0v) is 16.9. The number of halogens is 2.